The molecular weight excluding hydrogens is 252 g/mol. The molecule has 0 spiro atoms. The van der Waals surface area contributed by atoms with Crippen LogP contribution in [0.15, 0.2) is 6.20 Å². The largest absolute Gasteiger partial charge is 0.374 e. The third kappa shape index (κ3) is 2.69. The van der Waals surface area contributed by atoms with Crippen molar-refractivity contribution in [1.82, 2.24) is 14.7 Å². The Morgan fingerprint density at radius 1 is 1.56 bits per heavy atom. The molecule has 0 saturated carbocycles. The second-order valence-electron chi connectivity index (χ2n) is 4.52. The molecule has 6 heteroatoms. The minimum atomic E-state index is -0.228. The van der Waals surface area contributed by atoms with Crippen LogP contribution in [-0.4, -0.2) is 47.0 Å². The number of aromatic nitrogens is 2. The van der Waals surface area contributed by atoms with Gasteiger partial charge in [0.2, 0.25) is 0 Å². The van der Waals surface area contributed by atoms with Gasteiger partial charge < -0.3 is 10.5 Å². The van der Waals surface area contributed by atoms with E-state index in [-0.39, 0.29) is 12.1 Å². The molecule has 2 rings (SSSR count). The fourth-order valence-electron chi connectivity index (χ4n) is 2.37. The molecule has 0 radical (unpaired) electrons. The van der Waals surface area contributed by atoms with Gasteiger partial charge in [-0.15, -0.1) is 0 Å². The van der Waals surface area contributed by atoms with Gasteiger partial charge in [-0.05, 0) is 13.5 Å². The monoisotopic (exact) mass is 272 g/mol. The predicted octanol–water partition coefficient (Wildman–Crippen LogP) is 1.28. The quantitative estimate of drug-likeness (QED) is 0.897. The van der Waals surface area contributed by atoms with Crippen molar-refractivity contribution in [2.24, 2.45) is 5.73 Å². The molecular formula is C12H21ClN4O. The van der Waals surface area contributed by atoms with E-state index in [0.29, 0.717) is 5.02 Å². The number of aryl methyl sites for hydroxylation is 1. The number of likely N-dealkylation sites (N-methyl/N-ethyl adjacent to an activating group) is 1. The molecule has 0 bridgehead atoms. The number of ether oxygens (including phenoxy) is 1. The number of nitrogens with two attached hydrogens (primary N) is 1. The van der Waals surface area contributed by atoms with E-state index < -0.39 is 0 Å². The molecule has 1 aromatic rings. The zero-order valence-corrected chi connectivity index (χ0v) is 11.7. The van der Waals surface area contributed by atoms with Crippen molar-refractivity contribution in [3.63, 3.8) is 0 Å². The Morgan fingerprint density at radius 2 is 2.33 bits per heavy atom. The van der Waals surface area contributed by atoms with Crippen molar-refractivity contribution < 1.29 is 4.74 Å². The van der Waals surface area contributed by atoms with E-state index in [4.69, 9.17) is 22.1 Å². The van der Waals surface area contributed by atoms with Crippen LogP contribution in [-0.2, 0) is 11.3 Å². The van der Waals surface area contributed by atoms with E-state index in [2.05, 4.69) is 16.9 Å². The molecule has 2 N–H and O–H groups in total. The summed E-state index contributed by atoms with van der Waals surface area (Å²) in [6, 6.07) is -0.228. The summed E-state index contributed by atoms with van der Waals surface area (Å²) < 4.78 is 7.63. The number of hydrogen-bond donors (Lipinski definition) is 1. The van der Waals surface area contributed by atoms with Crippen molar-refractivity contribution in [1.29, 1.82) is 0 Å². The lowest BCUT2D eigenvalue weighted by Gasteiger charge is -2.35. The number of morpholine rings is 1. The van der Waals surface area contributed by atoms with Gasteiger partial charge >= 0.3 is 0 Å². The Bertz CT molecular complexity index is 395. The van der Waals surface area contributed by atoms with Crippen LogP contribution in [0, 0.1) is 0 Å². The normalized spacial score (nSPS) is 23.2. The molecule has 1 aliphatic rings. The fraction of sp³-hybridized carbons (Fsp3) is 0.750. The lowest BCUT2D eigenvalue weighted by atomic mass is 10.1. The van der Waals surface area contributed by atoms with Crippen molar-refractivity contribution in [3.05, 3.63) is 16.9 Å². The van der Waals surface area contributed by atoms with Gasteiger partial charge in [-0.25, -0.2) is 0 Å². The summed E-state index contributed by atoms with van der Waals surface area (Å²) in [6.45, 7) is 8.51. The standard InChI is InChI=1S/C12H21ClN4O/c1-3-16-5-6-18-10(8-16)11(14)12-9(13)7-15-17(12)4-2/h7,10-11H,3-6,8,14H2,1-2H3. The predicted molar refractivity (Wildman–Crippen MR) is 71.7 cm³/mol. The summed E-state index contributed by atoms with van der Waals surface area (Å²) in [6.07, 6.45) is 1.64. The van der Waals surface area contributed by atoms with Gasteiger partial charge in [0.15, 0.2) is 0 Å². The van der Waals surface area contributed by atoms with Crippen molar-refractivity contribution in [2.75, 3.05) is 26.2 Å². The summed E-state index contributed by atoms with van der Waals surface area (Å²) in [4.78, 5) is 2.34. The smallest absolute Gasteiger partial charge is 0.0910 e. The van der Waals surface area contributed by atoms with E-state index in [1.165, 1.54) is 0 Å². The average Bonchev–Trinajstić information content (AvgIpc) is 2.79. The van der Waals surface area contributed by atoms with Crippen LogP contribution in [0.4, 0.5) is 0 Å². The third-order valence-corrected chi connectivity index (χ3v) is 3.77. The molecule has 5 nitrogen and oxygen atoms in total. The SMILES string of the molecule is CCN1CCOC(C(N)c2c(Cl)cnn2CC)C1. The lowest BCUT2D eigenvalue weighted by Crippen LogP contribution is -2.47. The van der Waals surface area contributed by atoms with Gasteiger partial charge in [0.1, 0.15) is 0 Å². The van der Waals surface area contributed by atoms with Crippen LogP contribution >= 0.6 is 11.6 Å². The molecule has 0 aliphatic carbocycles. The molecule has 0 aromatic carbocycles. The highest BCUT2D eigenvalue weighted by molar-refractivity contribution is 6.31. The average molecular weight is 273 g/mol. The van der Waals surface area contributed by atoms with Crippen LogP contribution in [0.3, 0.4) is 0 Å². The highest BCUT2D eigenvalue weighted by atomic mass is 35.5. The maximum Gasteiger partial charge on any atom is 0.0910 e. The minimum Gasteiger partial charge on any atom is -0.374 e. The molecule has 1 fully saturated rings. The van der Waals surface area contributed by atoms with Crippen LogP contribution in [0.25, 0.3) is 0 Å². The Hall–Kier alpha value is -0.620. The number of rotatable bonds is 4. The van der Waals surface area contributed by atoms with Gasteiger partial charge in [0.25, 0.3) is 0 Å². The first-order chi connectivity index (χ1) is 8.67. The second kappa shape index (κ2) is 6.02. The van der Waals surface area contributed by atoms with Gasteiger partial charge in [-0.2, -0.15) is 5.10 Å². The van der Waals surface area contributed by atoms with Crippen LogP contribution in [0.2, 0.25) is 5.02 Å². The van der Waals surface area contributed by atoms with Crippen molar-refractivity contribution in [2.45, 2.75) is 32.5 Å². The zero-order valence-electron chi connectivity index (χ0n) is 11.0. The molecule has 1 aromatic heterocycles. The van der Waals surface area contributed by atoms with Crippen molar-refractivity contribution in [3.8, 4) is 0 Å². The molecule has 1 saturated heterocycles. The minimum absolute atomic E-state index is 0.0156. The van der Waals surface area contributed by atoms with E-state index in [9.17, 15) is 0 Å². The molecule has 18 heavy (non-hydrogen) atoms. The molecule has 0 amide bonds. The molecule has 2 heterocycles. The second-order valence-corrected chi connectivity index (χ2v) is 4.93. The molecule has 102 valence electrons. The summed E-state index contributed by atoms with van der Waals surface area (Å²) in [5.74, 6) is 0. The Labute approximate surface area is 113 Å². The zero-order chi connectivity index (χ0) is 13.1. The Balaban J connectivity index is 2.14. The maximum absolute atomic E-state index is 6.31. The Morgan fingerprint density at radius 3 is 3.00 bits per heavy atom. The first-order valence-electron chi connectivity index (χ1n) is 6.48. The van der Waals surface area contributed by atoms with E-state index in [1.54, 1.807) is 6.20 Å². The first kappa shape index (κ1) is 13.8. The topological polar surface area (TPSA) is 56.3 Å². The van der Waals surface area contributed by atoms with Gasteiger partial charge in [0, 0.05) is 19.6 Å². The van der Waals surface area contributed by atoms with Crippen molar-refractivity contribution >= 4 is 11.6 Å². The van der Waals surface area contributed by atoms with Crippen LogP contribution < -0.4 is 5.73 Å². The van der Waals surface area contributed by atoms with Gasteiger partial charge in [-0.3, -0.25) is 9.58 Å². The summed E-state index contributed by atoms with van der Waals surface area (Å²) >= 11 is 6.18. The maximum atomic E-state index is 6.31. The van der Waals surface area contributed by atoms with Crippen LogP contribution in [0.5, 0.6) is 0 Å². The lowest BCUT2D eigenvalue weighted by molar-refractivity contribution is -0.0404. The summed E-state index contributed by atoms with van der Waals surface area (Å²) in [7, 11) is 0. The van der Waals surface area contributed by atoms with Crippen LogP contribution in [0.1, 0.15) is 25.6 Å². The number of halogens is 1. The summed E-state index contributed by atoms with van der Waals surface area (Å²) in [5.41, 5.74) is 7.19. The molecule has 2 unspecified atom stereocenters. The van der Waals surface area contributed by atoms with E-state index in [1.807, 2.05) is 11.6 Å². The first-order valence-corrected chi connectivity index (χ1v) is 6.85. The summed E-state index contributed by atoms with van der Waals surface area (Å²) in [5, 5.41) is 4.85. The number of nitrogens with zero attached hydrogens (tertiary/aromatic N) is 3. The highest BCUT2D eigenvalue weighted by Crippen LogP contribution is 2.26. The molecule has 2 atom stereocenters. The van der Waals surface area contributed by atoms with Gasteiger partial charge in [-0.1, -0.05) is 18.5 Å². The van der Waals surface area contributed by atoms with Gasteiger partial charge in [0.05, 0.1) is 35.7 Å². The fourth-order valence-corrected chi connectivity index (χ4v) is 2.63. The van der Waals surface area contributed by atoms with E-state index in [0.717, 1.165) is 38.5 Å². The number of hydrogen-bond acceptors (Lipinski definition) is 4. The molecule has 1 aliphatic heterocycles. The van der Waals surface area contributed by atoms with E-state index >= 15 is 0 Å². The highest BCUT2D eigenvalue weighted by Gasteiger charge is 2.29. The third-order valence-electron chi connectivity index (χ3n) is 3.47. The Kier molecular flexibility index (Phi) is 4.61.